The highest BCUT2D eigenvalue weighted by Gasteiger charge is 2.05. The molecular formula is C18H15NO4. The summed E-state index contributed by atoms with van der Waals surface area (Å²) in [4.78, 5) is 15.3. The number of aromatic carboxylic acids is 1. The van der Waals surface area contributed by atoms with Gasteiger partial charge in [0.05, 0.1) is 18.2 Å². The van der Waals surface area contributed by atoms with Crippen LogP contribution in [0.15, 0.2) is 54.6 Å². The summed E-state index contributed by atoms with van der Waals surface area (Å²) in [5.74, 6) is 0.343. The van der Waals surface area contributed by atoms with E-state index in [0.717, 1.165) is 16.7 Å². The molecule has 3 aromatic rings. The first-order chi connectivity index (χ1) is 11.2. The zero-order chi connectivity index (χ0) is 16.2. The lowest BCUT2D eigenvalue weighted by atomic mass is 10.1. The van der Waals surface area contributed by atoms with Gasteiger partial charge in [0, 0.05) is 11.5 Å². The van der Waals surface area contributed by atoms with E-state index >= 15 is 0 Å². The summed E-state index contributed by atoms with van der Waals surface area (Å²) >= 11 is 0. The summed E-state index contributed by atoms with van der Waals surface area (Å²) in [5.41, 5.74) is 1.95. The number of carboxylic acids is 1. The number of fused-ring (bicyclic) bond motifs is 1. The van der Waals surface area contributed by atoms with E-state index in [-0.39, 0.29) is 5.56 Å². The molecule has 3 rings (SSSR count). The van der Waals surface area contributed by atoms with E-state index in [1.165, 1.54) is 6.07 Å². The Morgan fingerprint density at radius 1 is 1.09 bits per heavy atom. The third-order valence-corrected chi connectivity index (χ3v) is 3.46. The van der Waals surface area contributed by atoms with Crippen molar-refractivity contribution >= 4 is 16.9 Å². The highest BCUT2D eigenvalue weighted by molar-refractivity contribution is 5.93. The molecule has 0 spiro atoms. The maximum Gasteiger partial charge on any atom is 0.335 e. The normalized spacial score (nSPS) is 10.5. The average Bonchev–Trinajstić information content (AvgIpc) is 2.59. The number of carbonyl (C=O) groups is 1. The molecule has 0 amide bonds. The summed E-state index contributed by atoms with van der Waals surface area (Å²) in [6, 6.07) is 16.0. The van der Waals surface area contributed by atoms with Gasteiger partial charge in [-0.25, -0.2) is 9.78 Å². The Morgan fingerprint density at radius 2 is 1.87 bits per heavy atom. The van der Waals surface area contributed by atoms with Gasteiger partial charge in [-0.3, -0.25) is 0 Å². The third kappa shape index (κ3) is 3.40. The Balaban J connectivity index is 1.75. The van der Waals surface area contributed by atoms with Crippen LogP contribution in [0.3, 0.4) is 0 Å². The smallest absolute Gasteiger partial charge is 0.335 e. The van der Waals surface area contributed by atoms with Crippen LogP contribution in [0.25, 0.3) is 10.9 Å². The summed E-state index contributed by atoms with van der Waals surface area (Å²) in [5, 5.41) is 9.76. The van der Waals surface area contributed by atoms with Gasteiger partial charge < -0.3 is 14.6 Å². The second-order valence-electron chi connectivity index (χ2n) is 5.00. The Hall–Kier alpha value is -3.08. The van der Waals surface area contributed by atoms with Crippen LogP contribution in [0, 0.1) is 0 Å². The number of methoxy groups -OCH3 is 1. The third-order valence-electron chi connectivity index (χ3n) is 3.46. The number of aromatic nitrogens is 1. The molecule has 1 heterocycles. The fourth-order valence-corrected chi connectivity index (χ4v) is 2.20. The Kier molecular flexibility index (Phi) is 4.10. The van der Waals surface area contributed by atoms with Crippen molar-refractivity contribution < 1.29 is 19.4 Å². The molecule has 5 heteroatoms. The molecule has 0 aliphatic heterocycles. The first-order valence-corrected chi connectivity index (χ1v) is 7.05. The first kappa shape index (κ1) is 14.8. The Bertz CT molecular complexity index is 843. The van der Waals surface area contributed by atoms with Gasteiger partial charge >= 0.3 is 5.97 Å². The van der Waals surface area contributed by atoms with Gasteiger partial charge in [0.1, 0.15) is 12.4 Å². The molecule has 0 unspecified atom stereocenters. The molecule has 1 aromatic heterocycles. The number of hydrogen-bond donors (Lipinski definition) is 1. The van der Waals surface area contributed by atoms with Gasteiger partial charge in [0.25, 0.3) is 0 Å². The van der Waals surface area contributed by atoms with Crippen LogP contribution < -0.4 is 9.47 Å². The van der Waals surface area contributed by atoms with E-state index in [1.807, 2.05) is 24.3 Å². The van der Waals surface area contributed by atoms with Crippen molar-refractivity contribution in [1.29, 1.82) is 0 Å². The van der Waals surface area contributed by atoms with E-state index in [4.69, 9.17) is 14.6 Å². The van der Waals surface area contributed by atoms with Crippen molar-refractivity contribution in [3.8, 4) is 11.6 Å². The number of ether oxygens (including phenoxy) is 2. The van der Waals surface area contributed by atoms with Gasteiger partial charge in [-0.05, 0) is 42.0 Å². The summed E-state index contributed by atoms with van der Waals surface area (Å²) in [6.07, 6.45) is 0. The molecule has 5 nitrogen and oxygen atoms in total. The van der Waals surface area contributed by atoms with Crippen molar-refractivity contribution in [1.82, 2.24) is 4.98 Å². The maximum absolute atomic E-state index is 11.0. The molecule has 0 saturated carbocycles. The molecule has 1 N–H and O–H groups in total. The topological polar surface area (TPSA) is 68.7 Å². The molecule has 0 bridgehead atoms. The maximum atomic E-state index is 11.0. The Morgan fingerprint density at radius 3 is 2.57 bits per heavy atom. The molecule has 116 valence electrons. The predicted molar refractivity (Wildman–Crippen MR) is 86.0 cm³/mol. The van der Waals surface area contributed by atoms with Gasteiger partial charge in [-0.2, -0.15) is 0 Å². The fraction of sp³-hybridized carbons (Fsp3) is 0.111. The molecular weight excluding hydrogens is 294 g/mol. The zero-order valence-corrected chi connectivity index (χ0v) is 12.5. The molecule has 2 aromatic carbocycles. The van der Waals surface area contributed by atoms with Crippen molar-refractivity contribution in [3.63, 3.8) is 0 Å². The quantitative estimate of drug-likeness (QED) is 0.781. The number of nitrogens with zero attached hydrogens (tertiary/aromatic N) is 1. The van der Waals surface area contributed by atoms with Gasteiger partial charge in [-0.15, -0.1) is 0 Å². The SMILES string of the molecule is COc1ccc(COc2ccc3cc(C(=O)O)ccc3n2)cc1. The fourth-order valence-electron chi connectivity index (χ4n) is 2.20. The highest BCUT2D eigenvalue weighted by atomic mass is 16.5. The molecule has 0 aliphatic rings. The zero-order valence-electron chi connectivity index (χ0n) is 12.5. The summed E-state index contributed by atoms with van der Waals surface area (Å²) in [7, 11) is 1.63. The lowest BCUT2D eigenvalue weighted by molar-refractivity contribution is 0.0697. The van der Waals surface area contributed by atoms with Crippen molar-refractivity contribution in [2.45, 2.75) is 6.61 Å². The minimum Gasteiger partial charge on any atom is -0.497 e. The monoisotopic (exact) mass is 309 g/mol. The minimum atomic E-state index is -0.952. The lowest BCUT2D eigenvalue weighted by Crippen LogP contribution is -1.98. The van der Waals surface area contributed by atoms with Crippen LogP contribution in [0.4, 0.5) is 0 Å². The van der Waals surface area contributed by atoms with Crippen LogP contribution in [-0.4, -0.2) is 23.2 Å². The Labute approximate surface area is 133 Å². The molecule has 0 fully saturated rings. The molecule has 0 radical (unpaired) electrons. The van der Waals surface area contributed by atoms with Crippen LogP contribution in [0.1, 0.15) is 15.9 Å². The van der Waals surface area contributed by atoms with Gasteiger partial charge in [0.15, 0.2) is 0 Å². The second kappa shape index (κ2) is 6.36. The highest BCUT2D eigenvalue weighted by Crippen LogP contribution is 2.19. The van der Waals surface area contributed by atoms with Crippen LogP contribution in [0.2, 0.25) is 0 Å². The number of hydrogen-bond acceptors (Lipinski definition) is 4. The largest absolute Gasteiger partial charge is 0.497 e. The lowest BCUT2D eigenvalue weighted by Gasteiger charge is -2.07. The van der Waals surface area contributed by atoms with E-state index < -0.39 is 5.97 Å². The molecule has 23 heavy (non-hydrogen) atoms. The number of pyridine rings is 1. The van der Waals surface area contributed by atoms with Crippen molar-refractivity contribution in [3.05, 3.63) is 65.7 Å². The molecule has 0 atom stereocenters. The number of rotatable bonds is 5. The van der Waals surface area contributed by atoms with Crippen LogP contribution in [-0.2, 0) is 6.61 Å². The number of benzene rings is 2. The van der Waals surface area contributed by atoms with E-state index in [2.05, 4.69) is 4.98 Å². The van der Waals surface area contributed by atoms with Gasteiger partial charge in [-0.1, -0.05) is 12.1 Å². The summed E-state index contributed by atoms with van der Waals surface area (Å²) in [6.45, 7) is 0.399. The first-order valence-electron chi connectivity index (χ1n) is 7.05. The van der Waals surface area contributed by atoms with Crippen molar-refractivity contribution in [2.75, 3.05) is 7.11 Å². The molecule has 0 saturated heterocycles. The van der Waals surface area contributed by atoms with E-state index in [0.29, 0.717) is 18.0 Å². The van der Waals surface area contributed by atoms with E-state index in [9.17, 15) is 4.79 Å². The van der Waals surface area contributed by atoms with Crippen molar-refractivity contribution in [2.24, 2.45) is 0 Å². The number of carboxylic acid groups (broad SMARTS) is 1. The average molecular weight is 309 g/mol. The molecule has 0 aliphatic carbocycles. The summed E-state index contributed by atoms with van der Waals surface area (Å²) < 4.78 is 10.8. The van der Waals surface area contributed by atoms with Crippen LogP contribution in [0.5, 0.6) is 11.6 Å². The van der Waals surface area contributed by atoms with Gasteiger partial charge in [0.2, 0.25) is 5.88 Å². The van der Waals surface area contributed by atoms with E-state index in [1.54, 1.807) is 31.4 Å². The standard InChI is InChI=1S/C18H15NO4/c1-22-15-6-2-12(3-7-15)11-23-17-9-5-13-10-14(18(20)21)4-8-16(13)19-17/h2-10H,11H2,1H3,(H,20,21). The minimum absolute atomic E-state index is 0.242. The van der Waals surface area contributed by atoms with Crippen LogP contribution >= 0.6 is 0 Å². The predicted octanol–water partition coefficient (Wildman–Crippen LogP) is 3.52. The second-order valence-corrected chi connectivity index (χ2v) is 5.00.